The lowest BCUT2D eigenvalue weighted by atomic mass is 10.2. The van der Waals surface area contributed by atoms with Crippen LogP contribution in [-0.4, -0.2) is 21.2 Å². The van der Waals surface area contributed by atoms with E-state index in [1.807, 2.05) is 24.3 Å². The van der Waals surface area contributed by atoms with Crippen molar-refractivity contribution in [3.05, 3.63) is 60.8 Å². The number of nitrogens with zero attached hydrogens (tertiary/aromatic N) is 2. The molecule has 0 amide bonds. The Balaban J connectivity index is 0.000000153. The van der Waals surface area contributed by atoms with E-state index < -0.39 is 0 Å². The van der Waals surface area contributed by atoms with Crippen molar-refractivity contribution in [2.24, 2.45) is 0 Å². The van der Waals surface area contributed by atoms with Gasteiger partial charge in [0.05, 0.1) is 0 Å². The molecule has 0 bridgehead atoms. The summed E-state index contributed by atoms with van der Waals surface area (Å²) in [7, 11) is 0. The van der Waals surface area contributed by atoms with E-state index in [9.17, 15) is 4.79 Å². The number of aromatic nitrogens is 3. The Morgan fingerprint density at radius 1 is 1.06 bits per heavy atom. The molecule has 4 nitrogen and oxygen atoms in total. The van der Waals surface area contributed by atoms with E-state index in [-0.39, 0.29) is 0 Å². The first kappa shape index (κ1) is 11.0. The highest BCUT2D eigenvalue weighted by Crippen LogP contribution is 2.14. The first-order chi connectivity index (χ1) is 8.42. The molecule has 0 fully saturated rings. The van der Waals surface area contributed by atoms with Crippen molar-refractivity contribution < 1.29 is 4.79 Å². The van der Waals surface area contributed by atoms with Crippen LogP contribution in [0.3, 0.4) is 0 Å². The minimum Gasteiger partial charge on any atom is -0.360 e. The third-order valence-electron chi connectivity index (χ3n) is 2.23. The molecule has 84 valence electrons. The zero-order valence-electron chi connectivity index (χ0n) is 9.08. The van der Waals surface area contributed by atoms with Crippen LogP contribution in [0, 0.1) is 0 Å². The largest absolute Gasteiger partial charge is 0.360 e. The number of carbonyl (C=O) groups is 1. The van der Waals surface area contributed by atoms with Crippen LogP contribution in [0.4, 0.5) is 0 Å². The van der Waals surface area contributed by atoms with Crippen molar-refractivity contribution in [1.29, 1.82) is 0 Å². The second-order valence-corrected chi connectivity index (χ2v) is 3.31. The fourth-order valence-corrected chi connectivity index (χ4v) is 1.44. The molecule has 0 atom stereocenters. The molecule has 0 radical (unpaired) electrons. The molecule has 0 unspecified atom stereocenters. The quantitative estimate of drug-likeness (QED) is 0.647. The molecule has 0 saturated carbocycles. The number of H-pyrrole nitrogens is 1. The molecular weight excluding hydrogens is 214 g/mol. The topological polar surface area (TPSA) is 58.6 Å². The highest BCUT2D eigenvalue weighted by molar-refractivity contribution is 5.96. The summed E-state index contributed by atoms with van der Waals surface area (Å²) in [6.45, 7) is 0. The van der Waals surface area contributed by atoms with Gasteiger partial charge in [0.25, 0.3) is 0 Å². The Kier molecular flexibility index (Phi) is 3.60. The lowest BCUT2D eigenvalue weighted by Crippen LogP contribution is -1.72. The van der Waals surface area contributed by atoms with E-state index >= 15 is 0 Å². The van der Waals surface area contributed by atoms with Crippen molar-refractivity contribution in [2.45, 2.75) is 0 Å². The number of hydrogen-bond acceptors (Lipinski definition) is 3. The number of aromatic amines is 1. The van der Waals surface area contributed by atoms with Gasteiger partial charge >= 0.3 is 0 Å². The van der Waals surface area contributed by atoms with Gasteiger partial charge in [-0.05, 0) is 12.1 Å². The van der Waals surface area contributed by atoms with Gasteiger partial charge in [0.15, 0.2) is 6.29 Å². The van der Waals surface area contributed by atoms with Crippen LogP contribution < -0.4 is 0 Å². The average molecular weight is 225 g/mol. The predicted octanol–water partition coefficient (Wildman–Crippen LogP) is 2.46. The zero-order chi connectivity index (χ0) is 11.9. The summed E-state index contributed by atoms with van der Waals surface area (Å²) >= 11 is 0. The zero-order valence-corrected chi connectivity index (χ0v) is 9.08. The molecule has 2 heterocycles. The average Bonchev–Trinajstić information content (AvgIpc) is 2.84. The van der Waals surface area contributed by atoms with E-state index in [4.69, 9.17) is 0 Å². The smallest absolute Gasteiger partial charge is 0.152 e. The van der Waals surface area contributed by atoms with Crippen LogP contribution >= 0.6 is 0 Å². The van der Waals surface area contributed by atoms with Gasteiger partial charge in [-0.25, -0.2) is 9.97 Å². The van der Waals surface area contributed by atoms with Crippen molar-refractivity contribution in [3.63, 3.8) is 0 Å². The minimum absolute atomic E-state index is 0.723. The summed E-state index contributed by atoms with van der Waals surface area (Å²) in [5, 5.41) is 0.988. The van der Waals surface area contributed by atoms with Gasteiger partial charge in [-0.3, -0.25) is 4.79 Å². The van der Waals surface area contributed by atoms with Crippen LogP contribution in [0.1, 0.15) is 10.4 Å². The summed E-state index contributed by atoms with van der Waals surface area (Å²) in [5.74, 6) is 0. The van der Waals surface area contributed by atoms with Crippen LogP contribution in [-0.2, 0) is 0 Å². The molecule has 3 aromatic rings. The molecule has 17 heavy (non-hydrogen) atoms. The molecule has 0 aliphatic carbocycles. The van der Waals surface area contributed by atoms with Crippen molar-refractivity contribution >= 4 is 17.2 Å². The van der Waals surface area contributed by atoms with Gasteiger partial charge in [0.1, 0.15) is 6.33 Å². The minimum atomic E-state index is 0.723. The molecule has 1 aromatic carbocycles. The number of hydrogen-bond donors (Lipinski definition) is 1. The van der Waals surface area contributed by atoms with Gasteiger partial charge < -0.3 is 4.98 Å². The van der Waals surface area contributed by atoms with Gasteiger partial charge in [0.2, 0.25) is 0 Å². The maximum Gasteiger partial charge on any atom is 0.152 e. The maximum atomic E-state index is 10.5. The summed E-state index contributed by atoms with van der Waals surface area (Å²) in [4.78, 5) is 20.8. The Morgan fingerprint density at radius 3 is 2.41 bits per heavy atom. The fourth-order valence-electron chi connectivity index (χ4n) is 1.44. The van der Waals surface area contributed by atoms with Crippen LogP contribution in [0.15, 0.2) is 55.2 Å². The van der Waals surface area contributed by atoms with Gasteiger partial charge in [-0.15, -0.1) is 0 Å². The van der Waals surface area contributed by atoms with Crippen molar-refractivity contribution in [3.8, 4) is 0 Å². The third-order valence-corrected chi connectivity index (χ3v) is 2.23. The third kappa shape index (κ3) is 2.75. The standard InChI is InChI=1S/C9H7NO.C4H4N2/c11-6-7-5-10-9-4-2-1-3-8(7)9;1-2-5-4-6-3-1/h1-6,10H;1-4H. The SMILES string of the molecule is O=Cc1c[nH]c2ccccc12.c1cncnc1. The first-order valence-corrected chi connectivity index (χ1v) is 5.13. The number of nitrogens with one attached hydrogen (secondary N) is 1. The lowest BCUT2D eigenvalue weighted by Gasteiger charge is -1.86. The van der Waals surface area contributed by atoms with E-state index in [0.29, 0.717) is 0 Å². The van der Waals surface area contributed by atoms with Crippen molar-refractivity contribution in [2.75, 3.05) is 0 Å². The molecule has 0 aliphatic rings. The second kappa shape index (κ2) is 5.55. The number of aldehydes is 1. The van der Waals surface area contributed by atoms with E-state index in [2.05, 4.69) is 15.0 Å². The summed E-state index contributed by atoms with van der Waals surface area (Å²) in [6, 6.07) is 9.51. The highest BCUT2D eigenvalue weighted by atomic mass is 16.1. The van der Waals surface area contributed by atoms with Gasteiger partial charge in [-0.1, -0.05) is 18.2 Å². The molecule has 0 spiro atoms. The molecule has 1 N–H and O–H groups in total. The Labute approximate surface area is 98.4 Å². The summed E-state index contributed by atoms with van der Waals surface area (Å²) in [6.07, 6.45) is 7.45. The fraction of sp³-hybridized carbons (Fsp3) is 0. The van der Waals surface area contributed by atoms with Crippen molar-refractivity contribution in [1.82, 2.24) is 15.0 Å². The molecule has 2 aromatic heterocycles. The van der Waals surface area contributed by atoms with Gasteiger partial charge in [0, 0.05) is 35.1 Å². The molecule has 3 rings (SSSR count). The monoisotopic (exact) mass is 225 g/mol. The normalized spacial score (nSPS) is 9.41. The lowest BCUT2D eigenvalue weighted by molar-refractivity contribution is 0.112. The number of benzene rings is 1. The number of rotatable bonds is 1. The maximum absolute atomic E-state index is 10.5. The van der Waals surface area contributed by atoms with E-state index in [0.717, 1.165) is 22.8 Å². The Bertz CT molecular complexity index is 563. The van der Waals surface area contributed by atoms with Crippen LogP contribution in [0.5, 0.6) is 0 Å². The van der Waals surface area contributed by atoms with Crippen LogP contribution in [0.2, 0.25) is 0 Å². The van der Waals surface area contributed by atoms with Crippen LogP contribution in [0.25, 0.3) is 10.9 Å². The Hall–Kier alpha value is -2.49. The first-order valence-electron chi connectivity index (χ1n) is 5.13. The summed E-state index contributed by atoms with van der Waals surface area (Å²) in [5.41, 5.74) is 1.73. The molecular formula is C13H11N3O. The second-order valence-electron chi connectivity index (χ2n) is 3.31. The predicted molar refractivity (Wildman–Crippen MR) is 65.7 cm³/mol. The summed E-state index contributed by atoms with van der Waals surface area (Å²) < 4.78 is 0. The number of para-hydroxylation sites is 1. The number of fused-ring (bicyclic) bond motifs is 1. The Morgan fingerprint density at radius 2 is 1.82 bits per heavy atom. The molecule has 0 saturated heterocycles. The molecule has 4 heteroatoms. The van der Waals surface area contributed by atoms with E-state index in [1.165, 1.54) is 6.33 Å². The molecule has 0 aliphatic heterocycles. The highest BCUT2D eigenvalue weighted by Gasteiger charge is 1.98. The van der Waals surface area contributed by atoms with Gasteiger partial charge in [-0.2, -0.15) is 0 Å². The van der Waals surface area contributed by atoms with E-state index in [1.54, 1.807) is 24.7 Å². The number of carbonyl (C=O) groups excluding carboxylic acids is 1.